The molecule has 0 radical (unpaired) electrons. The topological polar surface area (TPSA) is 42.1 Å². The van der Waals surface area contributed by atoms with Crippen LogP contribution in [-0.4, -0.2) is 16.6 Å². The first-order valence-electron chi connectivity index (χ1n) is 12.9. The molecule has 3 nitrogen and oxygen atoms in total. The molecule has 3 heteroatoms. The zero-order valence-corrected chi connectivity index (χ0v) is 21.0. The molecule has 1 saturated carbocycles. The third-order valence-electron chi connectivity index (χ3n) is 7.14. The van der Waals surface area contributed by atoms with Crippen LogP contribution in [0.5, 0.6) is 0 Å². The van der Waals surface area contributed by atoms with Gasteiger partial charge in [-0.3, -0.25) is 4.79 Å². The van der Waals surface area contributed by atoms with Crippen LogP contribution in [0, 0.1) is 5.92 Å². The fourth-order valence-electron chi connectivity index (χ4n) is 5.51. The number of fused-ring (bicyclic) bond motifs is 1. The fourth-order valence-corrected chi connectivity index (χ4v) is 5.51. The lowest BCUT2D eigenvalue weighted by Crippen LogP contribution is -2.33. The summed E-state index contributed by atoms with van der Waals surface area (Å²) in [5, 5.41) is 1.27. The summed E-state index contributed by atoms with van der Waals surface area (Å²) in [6, 6.07) is 28.1. The molecular formula is C32H35NO2. The van der Waals surface area contributed by atoms with Crippen LogP contribution in [-0.2, 0) is 16.0 Å². The number of H-pyrrole nitrogens is 1. The molecule has 1 aliphatic carbocycles. The number of aromatic nitrogens is 1. The second-order valence-electron chi connectivity index (χ2n) is 10.8. The third kappa shape index (κ3) is 5.19. The first kappa shape index (κ1) is 23.4. The maximum absolute atomic E-state index is 12.9. The van der Waals surface area contributed by atoms with Crippen LogP contribution < -0.4 is 0 Å². The standard InChI is InChI=1S/C32H35NO2/c1-32(2,3)35-31(34)27-15-8-7-13-25(27)23-19-17-22(18-20-23)21-28-26-14-9-10-16-29(26)33-30(28)24-11-5-4-6-12-24/h4-6,9-12,14,16-20,25,27,33H,7-8,13,15,21H2,1-3H3/t25-,27+/m0/s1. The Labute approximate surface area is 208 Å². The molecule has 0 saturated heterocycles. The van der Waals surface area contributed by atoms with Gasteiger partial charge < -0.3 is 9.72 Å². The van der Waals surface area contributed by atoms with Crippen molar-refractivity contribution in [3.63, 3.8) is 0 Å². The first-order chi connectivity index (χ1) is 16.9. The highest BCUT2D eigenvalue weighted by Crippen LogP contribution is 2.39. The van der Waals surface area contributed by atoms with Crippen molar-refractivity contribution in [2.24, 2.45) is 5.92 Å². The minimum atomic E-state index is -0.446. The predicted molar refractivity (Wildman–Crippen MR) is 144 cm³/mol. The summed E-state index contributed by atoms with van der Waals surface area (Å²) < 4.78 is 5.78. The van der Waals surface area contributed by atoms with Crippen molar-refractivity contribution < 1.29 is 9.53 Å². The molecule has 0 spiro atoms. The Kier molecular flexibility index (Phi) is 6.51. The zero-order valence-electron chi connectivity index (χ0n) is 21.0. The van der Waals surface area contributed by atoms with Crippen LogP contribution in [0.2, 0.25) is 0 Å². The Morgan fingerprint density at radius 3 is 2.31 bits per heavy atom. The lowest BCUT2D eigenvalue weighted by Gasteiger charge is -2.32. The Morgan fingerprint density at radius 2 is 1.57 bits per heavy atom. The monoisotopic (exact) mass is 465 g/mol. The molecule has 1 aromatic heterocycles. The Hall–Kier alpha value is -3.33. The van der Waals surface area contributed by atoms with Crippen LogP contribution in [0.25, 0.3) is 22.2 Å². The van der Waals surface area contributed by atoms with Crippen molar-refractivity contribution in [1.29, 1.82) is 0 Å². The summed E-state index contributed by atoms with van der Waals surface area (Å²) >= 11 is 0. The van der Waals surface area contributed by atoms with Gasteiger partial charge in [-0.25, -0.2) is 0 Å². The van der Waals surface area contributed by atoms with Gasteiger partial charge in [0.2, 0.25) is 0 Å². The molecular weight excluding hydrogens is 430 g/mol. The van der Waals surface area contributed by atoms with Crippen LogP contribution in [0.1, 0.15) is 69.1 Å². The fraction of sp³-hybridized carbons (Fsp3) is 0.344. The van der Waals surface area contributed by atoms with E-state index in [0.717, 1.165) is 25.7 Å². The van der Waals surface area contributed by atoms with Crippen molar-refractivity contribution in [1.82, 2.24) is 4.98 Å². The number of para-hydroxylation sites is 1. The van der Waals surface area contributed by atoms with Gasteiger partial charge in [-0.05, 0) is 67.9 Å². The van der Waals surface area contributed by atoms with Gasteiger partial charge in [-0.2, -0.15) is 0 Å². The van der Waals surface area contributed by atoms with Crippen molar-refractivity contribution in [2.75, 3.05) is 0 Å². The van der Waals surface area contributed by atoms with E-state index in [1.807, 2.05) is 20.8 Å². The minimum Gasteiger partial charge on any atom is -0.460 e. The lowest BCUT2D eigenvalue weighted by atomic mass is 9.75. The highest BCUT2D eigenvalue weighted by Gasteiger charge is 2.35. The van der Waals surface area contributed by atoms with E-state index in [-0.39, 0.29) is 17.8 Å². The summed E-state index contributed by atoms with van der Waals surface area (Å²) in [5.41, 5.74) is 6.97. The summed E-state index contributed by atoms with van der Waals surface area (Å²) in [4.78, 5) is 16.6. The number of esters is 1. The van der Waals surface area contributed by atoms with Crippen molar-refractivity contribution in [2.45, 2.75) is 64.4 Å². The lowest BCUT2D eigenvalue weighted by molar-refractivity contribution is -0.161. The quantitative estimate of drug-likeness (QED) is 0.303. The normalized spacial score (nSPS) is 18.5. The number of hydrogen-bond donors (Lipinski definition) is 1. The SMILES string of the molecule is CC(C)(C)OC(=O)[C@@H]1CCCC[C@H]1c1ccc(Cc2c(-c3ccccc3)[nH]c3ccccc23)cc1. The summed E-state index contributed by atoms with van der Waals surface area (Å²) in [6.07, 6.45) is 5.08. The smallest absolute Gasteiger partial charge is 0.310 e. The van der Waals surface area contributed by atoms with E-state index < -0.39 is 5.60 Å². The maximum atomic E-state index is 12.9. The number of hydrogen-bond acceptors (Lipinski definition) is 2. The van der Waals surface area contributed by atoms with E-state index in [9.17, 15) is 4.79 Å². The van der Waals surface area contributed by atoms with Crippen molar-refractivity contribution >= 4 is 16.9 Å². The van der Waals surface area contributed by atoms with Gasteiger partial charge in [0, 0.05) is 17.3 Å². The summed E-state index contributed by atoms with van der Waals surface area (Å²) in [7, 11) is 0. The summed E-state index contributed by atoms with van der Waals surface area (Å²) in [5.74, 6) is 0.144. The van der Waals surface area contributed by atoms with Crippen LogP contribution in [0.4, 0.5) is 0 Å². The maximum Gasteiger partial charge on any atom is 0.310 e. The van der Waals surface area contributed by atoms with E-state index >= 15 is 0 Å². The molecule has 1 aliphatic rings. The van der Waals surface area contributed by atoms with Crippen LogP contribution in [0.3, 0.4) is 0 Å². The third-order valence-corrected chi connectivity index (χ3v) is 7.14. The first-order valence-corrected chi connectivity index (χ1v) is 12.9. The molecule has 0 aliphatic heterocycles. The number of ether oxygens (including phenoxy) is 1. The molecule has 2 atom stereocenters. The molecule has 3 aromatic carbocycles. The molecule has 1 N–H and O–H groups in total. The van der Waals surface area contributed by atoms with Gasteiger partial charge in [0.05, 0.1) is 11.6 Å². The number of rotatable bonds is 5. The minimum absolute atomic E-state index is 0.0439. The van der Waals surface area contributed by atoms with Gasteiger partial charge in [0.25, 0.3) is 0 Å². The Balaban J connectivity index is 1.42. The molecule has 1 fully saturated rings. The second-order valence-corrected chi connectivity index (χ2v) is 10.8. The van der Waals surface area contributed by atoms with E-state index in [1.54, 1.807) is 0 Å². The molecule has 0 amide bonds. The zero-order chi connectivity index (χ0) is 24.4. The average molecular weight is 466 g/mol. The van der Waals surface area contributed by atoms with Gasteiger partial charge in [-0.1, -0.05) is 85.6 Å². The van der Waals surface area contributed by atoms with E-state index in [4.69, 9.17) is 4.74 Å². The average Bonchev–Trinajstić information content (AvgIpc) is 3.22. The van der Waals surface area contributed by atoms with Gasteiger partial charge in [-0.15, -0.1) is 0 Å². The highest BCUT2D eigenvalue weighted by atomic mass is 16.6. The highest BCUT2D eigenvalue weighted by molar-refractivity contribution is 5.91. The van der Waals surface area contributed by atoms with Crippen molar-refractivity contribution in [3.05, 3.63) is 95.6 Å². The number of benzene rings is 3. The Bertz CT molecular complexity index is 1300. The molecule has 180 valence electrons. The van der Waals surface area contributed by atoms with E-state index in [2.05, 4.69) is 83.8 Å². The second kappa shape index (κ2) is 9.73. The van der Waals surface area contributed by atoms with Crippen molar-refractivity contribution in [3.8, 4) is 11.3 Å². The van der Waals surface area contributed by atoms with Crippen LogP contribution in [0.15, 0.2) is 78.9 Å². The predicted octanol–water partition coefficient (Wildman–Crippen LogP) is 8.04. The molecule has 35 heavy (non-hydrogen) atoms. The molecule has 5 rings (SSSR count). The number of nitrogens with one attached hydrogen (secondary N) is 1. The van der Waals surface area contributed by atoms with Gasteiger partial charge >= 0.3 is 5.97 Å². The molecule has 0 unspecified atom stereocenters. The Morgan fingerprint density at radius 1 is 0.886 bits per heavy atom. The molecule has 0 bridgehead atoms. The van der Waals surface area contributed by atoms with Gasteiger partial charge in [0.1, 0.15) is 5.60 Å². The van der Waals surface area contributed by atoms with Crippen LogP contribution >= 0.6 is 0 Å². The van der Waals surface area contributed by atoms with E-state index in [1.165, 1.54) is 45.3 Å². The number of aromatic amines is 1. The molecule has 1 heterocycles. The number of carbonyl (C=O) groups excluding carboxylic acids is 1. The van der Waals surface area contributed by atoms with E-state index in [0.29, 0.717) is 0 Å². The largest absolute Gasteiger partial charge is 0.460 e. The number of carbonyl (C=O) groups is 1. The molecule has 4 aromatic rings. The van der Waals surface area contributed by atoms with Gasteiger partial charge in [0.15, 0.2) is 0 Å². The summed E-state index contributed by atoms with van der Waals surface area (Å²) in [6.45, 7) is 5.85.